The van der Waals surface area contributed by atoms with Gasteiger partial charge in [-0.15, -0.1) is 0 Å². The highest BCUT2D eigenvalue weighted by Crippen LogP contribution is 2.09. The van der Waals surface area contributed by atoms with E-state index in [1.54, 1.807) is 45.5 Å². The SMILES string of the molecule is COc1ccc(/C=N\OCC(=O)OCC(=O)N(C)C)cc1. The average molecular weight is 294 g/mol. The number of methoxy groups -OCH3 is 1. The number of nitrogens with zero attached hydrogens (tertiary/aromatic N) is 2. The Kier molecular flexibility index (Phi) is 6.73. The molecule has 7 nitrogen and oxygen atoms in total. The van der Waals surface area contributed by atoms with Crippen LogP contribution in [-0.4, -0.2) is 57.4 Å². The standard InChI is InChI=1S/C14H18N2O5/c1-16(2)13(17)9-20-14(18)10-21-15-8-11-4-6-12(19-3)7-5-11/h4-8H,9-10H2,1-3H3/b15-8-. The maximum absolute atomic E-state index is 11.3. The molecule has 1 aromatic carbocycles. The molecule has 1 aromatic rings. The number of ether oxygens (including phenoxy) is 2. The van der Waals surface area contributed by atoms with Crippen LogP contribution in [-0.2, 0) is 19.2 Å². The van der Waals surface area contributed by atoms with Crippen LogP contribution in [0.15, 0.2) is 29.4 Å². The first kappa shape index (κ1) is 16.5. The van der Waals surface area contributed by atoms with Crippen LogP contribution in [0.1, 0.15) is 5.56 Å². The Morgan fingerprint density at radius 3 is 2.43 bits per heavy atom. The van der Waals surface area contributed by atoms with Gasteiger partial charge in [0.15, 0.2) is 6.61 Å². The van der Waals surface area contributed by atoms with Gasteiger partial charge < -0.3 is 19.2 Å². The van der Waals surface area contributed by atoms with Gasteiger partial charge >= 0.3 is 5.97 Å². The fraction of sp³-hybridized carbons (Fsp3) is 0.357. The van der Waals surface area contributed by atoms with Crippen LogP contribution < -0.4 is 4.74 Å². The summed E-state index contributed by atoms with van der Waals surface area (Å²) in [6.07, 6.45) is 1.46. The summed E-state index contributed by atoms with van der Waals surface area (Å²) >= 11 is 0. The van der Waals surface area contributed by atoms with E-state index in [1.165, 1.54) is 11.1 Å². The summed E-state index contributed by atoms with van der Waals surface area (Å²) in [7, 11) is 4.73. The predicted molar refractivity (Wildman–Crippen MR) is 76.2 cm³/mol. The molecule has 114 valence electrons. The van der Waals surface area contributed by atoms with Crippen molar-refractivity contribution in [3.63, 3.8) is 0 Å². The number of amides is 1. The lowest BCUT2D eigenvalue weighted by atomic mass is 10.2. The van der Waals surface area contributed by atoms with Gasteiger partial charge in [-0.25, -0.2) is 4.79 Å². The van der Waals surface area contributed by atoms with Crippen molar-refractivity contribution in [1.82, 2.24) is 4.90 Å². The van der Waals surface area contributed by atoms with E-state index in [4.69, 9.17) is 14.3 Å². The van der Waals surface area contributed by atoms with E-state index in [0.29, 0.717) is 0 Å². The fourth-order valence-corrected chi connectivity index (χ4v) is 1.19. The molecule has 0 radical (unpaired) electrons. The van der Waals surface area contributed by atoms with Gasteiger partial charge in [0.05, 0.1) is 13.3 Å². The number of benzene rings is 1. The Morgan fingerprint density at radius 1 is 1.19 bits per heavy atom. The lowest BCUT2D eigenvalue weighted by molar-refractivity contribution is -0.154. The highest BCUT2D eigenvalue weighted by Gasteiger charge is 2.09. The van der Waals surface area contributed by atoms with E-state index in [9.17, 15) is 9.59 Å². The molecule has 0 aliphatic rings. The molecule has 0 saturated carbocycles. The average Bonchev–Trinajstić information content (AvgIpc) is 2.49. The van der Waals surface area contributed by atoms with Crippen molar-refractivity contribution in [3.8, 4) is 5.75 Å². The lowest BCUT2D eigenvalue weighted by Gasteiger charge is -2.09. The maximum Gasteiger partial charge on any atom is 0.347 e. The highest BCUT2D eigenvalue weighted by atomic mass is 16.7. The summed E-state index contributed by atoms with van der Waals surface area (Å²) in [5.74, 6) is -0.218. The summed E-state index contributed by atoms with van der Waals surface area (Å²) in [4.78, 5) is 28.6. The van der Waals surface area contributed by atoms with Gasteiger partial charge in [0.25, 0.3) is 5.91 Å². The summed E-state index contributed by atoms with van der Waals surface area (Å²) < 4.78 is 9.72. The number of oxime groups is 1. The van der Waals surface area contributed by atoms with Gasteiger partial charge in [-0.3, -0.25) is 4.79 Å². The Morgan fingerprint density at radius 2 is 1.86 bits per heavy atom. The number of carbonyl (C=O) groups is 2. The minimum atomic E-state index is -0.655. The molecule has 0 aliphatic heterocycles. The zero-order valence-electron chi connectivity index (χ0n) is 12.2. The first-order valence-electron chi connectivity index (χ1n) is 6.18. The molecule has 0 aromatic heterocycles. The smallest absolute Gasteiger partial charge is 0.347 e. The molecule has 7 heteroatoms. The topological polar surface area (TPSA) is 77.4 Å². The fourth-order valence-electron chi connectivity index (χ4n) is 1.19. The maximum atomic E-state index is 11.3. The minimum absolute atomic E-state index is 0.301. The van der Waals surface area contributed by atoms with Gasteiger partial charge in [-0.2, -0.15) is 0 Å². The van der Waals surface area contributed by atoms with Gasteiger partial charge in [-0.05, 0) is 29.8 Å². The number of likely N-dealkylation sites (N-methyl/N-ethyl adjacent to an activating group) is 1. The van der Waals surface area contributed by atoms with Crippen LogP contribution in [0.3, 0.4) is 0 Å². The largest absolute Gasteiger partial charge is 0.497 e. The zero-order chi connectivity index (χ0) is 15.7. The van der Waals surface area contributed by atoms with Crippen molar-refractivity contribution < 1.29 is 23.9 Å². The Labute approximate surface area is 123 Å². The van der Waals surface area contributed by atoms with Crippen LogP contribution in [0.2, 0.25) is 0 Å². The molecule has 1 rings (SSSR count). The van der Waals surface area contributed by atoms with E-state index >= 15 is 0 Å². The molecule has 0 heterocycles. The molecular weight excluding hydrogens is 276 g/mol. The van der Waals surface area contributed by atoms with Gasteiger partial charge in [0.1, 0.15) is 5.75 Å². The van der Waals surface area contributed by atoms with E-state index in [0.717, 1.165) is 11.3 Å². The van der Waals surface area contributed by atoms with Crippen molar-refractivity contribution in [2.24, 2.45) is 5.16 Å². The van der Waals surface area contributed by atoms with E-state index in [2.05, 4.69) is 5.16 Å². The van der Waals surface area contributed by atoms with Crippen LogP contribution >= 0.6 is 0 Å². The highest BCUT2D eigenvalue weighted by molar-refractivity contribution is 5.81. The summed E-state index contributed by atoms with van der Waals surface area (Å²) in [6.45, 7) is -0.662. The summed E-state index contributed by atoms with van der Waals surface area (Å²) in [6, 6.07) is 7.14. The first-order chi connectivity index (χ1) is 10.0. The van der Waals surface area contributed by atoms with Crippen LogP contribution in [0.5, 0.6) is 5.75 Å². The summed E-state index contributed by atoms with van der Waals surface area (Å²) in [5.41, 5.74) is 0.798. The molecule has 0 unspecified atom stereocenters. The van der Waals surface area contributed by atoms with Crippen LogP contribution in [0.25, 0.3) is 0 Å². The third kappa shape index (κ3) is 6.42. The molecule has 0 N–H and O–H groups in total. The van der Waals surface area contributed by atoms with Gasteiger partial charge in [0, 0.05) is 14.1 Å². The third-order valence-electron chi connectivity index (χ3n) is 2.43. The number of esters is 1. The summed E-state index contributed by atoms with van der Waals surface area (Å²) in [5, 5.41) is 3.64. The Hall–Kier alpha value is -2.57. The van der Waals surface area contributed by atoms with Crippen molar-refractivity contribution in [1.29, 1.82) is 0 Å². The molecule has 0 bridgehead atoms. The molecule has 1 amide bonds. The van der Waals surface area contributed by atoms with E-state index in [1.807, 2.05) is 0 Å². The zero-order valence-corrected chi connectivity index (χ0v) is 12.2. The van der Waals surface area contributed by atoms with Crippen LogP contribution in [0.4, 0.5) is 0 Å². The predicted octanol–water partition coefficient (Wildman–Crippen LogP) is 0.677. The van der Waals surface area contributed by atoms with E-state index in [-0.39, 0.29) is 19.1 Å². The molecular formula is C14H18N2O5. The van der Waals surface area contributed by atoms with Crippen molar-refractivity contribution >= 4 is 18.1 Å². The molecule has 0 spiro atoms. The van der Waals surface area contributed by atoms with Crippen molar-refractivity contribution in [2.45, 2.75) is 0 Å². The molecule has 0 saturated heterocycles. The second-order valence-corrected chi connectivity index (χ2v) is 4.23. The van der Waals surface area contributed by atoms with Crippen molar-refractivity contribution in [2.75, 3.05) is 34.4 Å². The van der Waals surface area contributed by atoms with Crippen LogP contribution in [0, 0.1) is 0 Å². The number of carbonyl (C=O) groups excluding carboxylic acids is 2. The second kappa shape index (κ2) is 8.57. The molecule has 0 atom stereocenters. The molecule has 21 heavy (non-hydrogen) atoms. The number of hydrogen-bond donors (Lipinski definition) is 0. The van der Waals surface area contributed by atoms with E-state index < -0.39 is 5.97 Å². The normalized spacial score (nSPS) is 10.2. The molecule has 0 aliphatic carbocycles. The van der Waals surface area contributed by atoms with Crippen molar-refractivity contribution in [3.05, 3.63) is 29.8 Å². The third-order valence-corrected chi connectivity index (χ3v) is 2.43. The lowest BCUT2D eigenvalue weighted by Crippen LogP contribution is -2.28. The Balaban J connectivity index is 2.27. The monoisotopic (exact) mass is 294 g/mol. The number of hydrogen-bond acceptors (Lipinski definition) is 6. The van der Waals surface area contributed by atoms with Gasteiger partial charge in [-0.1, -0.05) is 5.16 Å². The number of rotatable bonds is 7. The minimum Gasteiger partial charge on any atom is -0.497 e. The molecule has 0 fully saturated rings. The first-order valence-corrected chi connectivity index (χ1v) is 6.18. The van der Waals surface area contributed by atoms with Gasteiger partial charge in [0.2, 0.25) is 6.61 Å². The second-order valence-electron chi connectivity index (χ2n) is 4.23. The Bertz CT molecular complexity index is 497. The quantitative estimate of drug-likeness (QED) is 0.420.